The number of benzene rings is 2. The highest BCUT2D eigenvalue weighted by atomic mass is 35.5. The molecule has 0 aromatic heterocycles. The Morgan fingerprint density at radius 2 is 1.92 bits per heavy atom. The Kier molecular flexibility index (Phi) is 6.29. The number of hydrogen-bond acceptors (Lipinski definition) is 3. The van der Waals surface area contributed by atoms with Crippen LogP contribution in [0.1, 0.15) is 5.56 Å². The summed E-state index contributed by atoms with van der Waals surface area (Å²) in [6, 6.07) is 12.3. The second-order valence-corrected chi connectivity index (χ2v) is 6.92. The Balaban J connectivity index is 1.54. The molecule has 0 bridgehead atoms. The van der Waals surface area contributed by atoms with Crippen molar-refractivity contribution in [1.82, 2.24) is 9.80 Å². The molecule has 0 unspecified atom stereocenters. The molecule has 0 spiro atoms. The fourth-order valence-corrected chi connectivity index (χ4v) is 3.46. The van der Waals surface area contributed by atoms with Gasteiger partial charge in [-0.05, 0) is 42.0 Å². The van der Waals surface area contributed by atoms with Crippen molar-refractivity contribution < 1.29 is 9.13 Å². The maximum Gasteiger partial charge on any atom is 0.173 e. The van der Waals surface area contributed by atoms with Gasteiger partial charge in [-0.3, -0.25) is 4.90 Å². The van der Waals surface area contributed by atoms with Gasteiger partial charge in [-0.1, -0.05) is 29.8 Å². The molecule has 3 rings (SSSR count). The summed E-state index contributed by atoms with van der Waals surface area (Å²) < 4.78 is 18.5. The van der Waals surface area contributed by atoms with Gasteiger partial charge in [0, 0.05) is 37.7 Å². The summed E-state index contributed by atoms with van der Waals surface area (Å²) in [6.45, 7) is 4.07. The lowest BCUT2D eigenvalue weighted by atomic mass is 10.2. The van der Waals surface area contributed by atoms with Gasteiger partial charge in [0.1, 0.15) is 11.6 Å². The molecule has 2 aromatic carbocycles. The van der Waals surface area contributed by atoms with Crippen molar-refractivity contribution in [2.24, 2.45) is 0 Å². The number of para-hydroxylation sites is 2. The normalized spacial score (nSPS) is 15.0. The summed E-state index contributed by atoms with van der Waals surface area (Å²) in [5, 5.41) is 4.42. The van der Waals surface area contributed by atoms with Crippen molar-refractivity contribution in [2.75, 3.05) is 38.6 Å². The third-order valence-electron chi connectivity index (χ3n) is 4.42. The van der Waals surface area contributed by atoms with E-state index in [1.807, 2.05) is 24.3 Å². The molecule has 7 heteroatoms. The Morgan fingerprint density at radius 1 is 1.19 bits per heavy atom. The Bertz CT molecular complexity index is 781. The van der Waals surface area contributed by atoms with E-state index in [2.05, 4.69) is 15.1 Å². The van der Waals surface area contributed by atoms with E-state index in [-0.39, 0.29) is 5.82 Å². The molecule has 1 N–H and O–H groups in total. The van der Waals surface area contributed by atoms with E-state index in [1.165, 1.54) is 12.1 Å². The highest BCUT2D eigenvalue weighted by Crippen LogP contribution is 2.24. The highest BCUT2D eigenvalue weighted by Gasteiger charge is 2.20. The lowest BCUT2D eigenvalue weighted by Crippen LogP contribution is -2.49. The van der Waals surface area contributed by atoms with Gasteiger partial charge in [0.2, 0.25) is 0 Å². The van der Waals surface area contributed by atoms with Crippen LogP contribution in [0.2, 0.25) is 5.02 Å². The topological polar surface area (TPSA) is 27.7 Å². The first kappa shape index (κ1) is 18.9. The van der Waals surface area contributed by atoms with Crippen LogP contribution in [0, 0.1) is 5.82 Å². The SMILES string of the molecule is COc1ccccc1NC(=S)N1CCN(Cc2ccc(F)cc2Cl)CC1. The van der Waals surface area contributed by atoms with Gasteiger partial charge in [-0.15, -0.1) is 0 Å². The standard InChI is InChI=1S/C19H21ClFN3OS/c1-25-18-5-3-2-4-17(18)22-19(26)24-10-8-23(9-11-24)13-14-6-7-15(21)12-16(14)20/h2-7,12H,8-11,13H2,1H3,(H,22,26). The molecular weight excluding hydrogens is 373 g/mol. The van der Waals surface area contributed by atoms with E-state index < -0.39 is 0 Å². The summed E-state index contributed by atoms with van der Waals surface area (Å²) in [6.07, 6.45) is 0. The molecule has 1 fully saturated rings. The van der Waals surface area contributed by atoms with Gasteiger partial charge in [0.05, 0.1) is 12.8 Å². The molecule has 0 radical (unpaired) electrons. The van der Waals surface area contributed by atoms with E-state index in [1.54, 1.807) is 13.2 Å². The van der Waals surface area contributed by atoms with Crippen LogP contribution in [0.25, 0.3) is 0 Å². The number of piperazine rings is 1. The fourth-order valence-electron chi connectivity index (χ4n) is 2.94. The number of halogens is 2. The molecule has 26 heavy (non-hydrogen) atoms. The summed E-state index contributed by atoms with van der Waals surface area (Å²) >= 11 is 11.7. The molecule has 4 nitrogen and oxygen atoms in total. The minimum Gasteiger partial charge on any atom is -0.495 e. The van der Waals surface area contributed by atoms with Gasteiger partial charge in [-0.2, -0.15) is 0 Å². The summed E-state index contributed by atoms with van der Waals surface area (Å²) in [5.74, 6) is 0.454. The number of thiocarbonyl (C=S) groups is 1. The molecule has 1 aliphatic rings. The summed E-state index contributed by atoms with van der Waals surface area (Å²) in [4.78, 5) is 4.44. The number of methoxy groups -OCH3 is 1. The zero-order chi connectivity index (χ0) is 18.5. The Morgan fingerprint density at radius 3 is 2.62 bits per heavy atom. The fraction of sp³-hybridized carbons (Fsp3) is 0.316. The van der Waals surface area contributed by atoms with Gasteiger partial charge in [0.25, 0.3) is 0 Å². The average molecular weight is 394 g/mol. The molecule has 0 amide bonds. The zero-order valence-electron chi connectivity index (χ0n) is 14.5. The summed E-state index contributed by atoms with van der Waals surface area (Å²) in [5.41, 5.74) is 1.80. The van der Waals surface area contributed by atoms with Gasteiger partial charge < -0.3 is 15.0 Å². The summed E-state index contributed by atoms with van der Waals surface area (Å²) in [7, 11) is 1.64. The third-order valence-corrected chi connectivity index (χ3v) is 5.13. The first-order chi connectivity index (χ1) is 12.6. The predicted octanol–water partition coefficient (Wildman–Crippen LogP) is 4.00. The van der Waals surface area contributed by atoms with Crippen molar-refractivity contribution >= 4 is 34.6 Å². The number of anilines is 1. The zero-order valence-corrected chi connectivity index (χ0v) is 16.1. The third kappa shape index (κ3) is 4.63. The molecular formula is C19H21ClFN3OS. The van der Waals surface area contributed by atoms with Crippen LogP contribution >= 0.6 is 23.8 Å². The van der Waals surface area contributed by atoms with Crippen LogP contribution in [0.3, 0.4) is 0 Å². The van der Waals surface area contributed by atoms with Crippen LogP contribution < -0.4 is 10.1 Å². The first-order valence-corrected chi connectivity index (χ1v) is 9.20. The lowest BCUT2D eigenvalue weighted by molar-refractivity contribution is 0.177. The average Bonchev–Trinajstić information content (AvgIpc) is 2.65. The molecule has 1 aliphatic heterocycles. The Hall–Kier alpha value is -1.89. The Labute approximate surface area is 163 Å². The van der Waals surface area contributed by atoms with Crippen molar-refractivity contribution in [2.45, 2.75) is 6.54 Å². The maximum absolute atomic E-state index is 13.2. The van der Waals surface area contributed by atoms with E-state index in [9.17, 15) is 4.39 Å². The number of ether oxygens (including phenoxy) is 1. The molecule has 1 heterocycles. The minimum absolute atomic E-state index is 0.309. The van der Waals surface area contributed by atoms with Crippen LogP contribution in [0.15, 0.2) is 42.5 Å². The van der Waals surface area contributed by atoms with Crippen LogP contribution in [0.4, 0.5) is 10.1 Å². The molecule has 0 aliphatic carbocycles. The van der Waals surface area contributed by atoms with E-state index in [0.717, 1.165) is 43.2 Å². The maximum atomic E-state index is 13.2. The van der Waals surface area contributed by atoms with Gasteiger partial charge in [0.15, 0.2) is 5.11 Å². The second kappa shape index (κ2) is 8.66. The first-order valence-electron chi connectivity index (χ1n) is 8.42. The van der Waals surface area contributed by atoms with Crippen LogP contribution in [-0.2, 0) is 6.54 Å². The molecule has 2 aromatic rings. The smallest absolute Gasteiger partial charge is 0.173 e. The van der Waals surface area contributed by atoms with Crippen molar-refractivity contribution in [3.63, 3.8) is 0 Å². The van der Waals surface area contributed by atoms with E-state index >= 15 is 0 Å². The van der Waals surface area contributed by atoms with Crippen LogP contribution in [-0.4, -0.2) is 48.2 Å². The molecule has 138 valence electrons. The lowest BCUT2D eigenvalue weighted by Gasteiger charge is -2.36. The number of hydrogen-bond donors (Lipinski definition) is 1. The molecule has 1 saturated heterocycles. The molecule has 0 saturated carbocycles. The second-order valence-electron chi connectivity index (χ2n) is 6.13. The molecule has 0 atom stereocenters. The number of nitrogens with zero attached hydrogens (tertiary/aromatic N) is 2. The predicted molar refractivity (Wildman–Crippen MR) is 107 cm³/mol. The van der Waals surface area contributed by atoms with Crippen LogP contribution in [0.5, 0.6) is 5.75 Å². The largest absolute Gasteiger partial charge is 0.495 e. The van der Waals surface area contributed by atoms with E-state index in [4.69, 9.17) is 28.6 Å². The number of nitrogens with one attached hydrogen (secondary N) is 1. The number of rotatable bonds is 4. The van der Waals surface area contributed by atoms with Crippen molar-refractivity contribution in [3.05, 3.63) is 58.9 Å². The highest BCUT2D eigenvalue weighted by molar-refractivity contribution is 7.80. The minimum atomic E-state index is -0.309. The monoisotopic (exact) mass is 393 g/mol. The van der Waals surface area contributed by atoms with Gasteiger partial charge >= 0.3 is 0 Å². The van der Waals surface area contributed by atoms with Crippen molar-refractivity contribution in [3.8, 4) is 5.75 Å². The quantitative estimate of drug-likeness (QED) is 0.792. The van der Waals surface area contributed by atoms with Gasteiger partial charge in [-0.25, -0.2) is 4.39 Å². The van der Waals surface area contributed by atoms with Crippen molar-refractivity contribution in [1.29, 1.82) is 0 Å². The van der Waals surface area contributed by atoms with E-state index in [0.29, 0.717) is 16.7 Å².